The number of aryl methyl sites for hydroxylation is 1. The number of rotatable bonds is 3. The molecule has 3 saturated heterocycles. The Hall–Kier alpha value is -0.830. The highest BCUT2D eigenvalue weighted by molar-refractivity contribution is 14.0. The molecule has 4 unspecified atom stereocenters. The van der Waals surface area contributed by atoms with Gasteiger partial charge in [-0.25, -0.2) is 4.99 Å². The van der Waals surface area contributed by atoms with Crippen LogP contribution < -0.4 is 5.32 Å². The number of halogens is 1. The van der Waals surface area contributed by atoms with Crippen molar-refractivity contribution < 1.29 is 4.74 Å². The van der Waals surface area contributed by atoms with Crippen molar-refractivity contribution in [3.05, 3.63) is 18.0 Å². The molecule has 1 aromatic rings. The molecule has 0 amide bonds. The summed E-state index contributed by atoms with van der Waals surface area (Å²) in [6, 6.07) is 0. The van der Waals surface area contributed by atoms with Gasteiger partial charge in [0.1, 0.15) is 0 Å². The fourth-order valence-corrected chi connectivity index (χ4v) is 4.28. The zero-order valence-electron chi connectivity index (χ0n) is 13.8. The molecule has 3 fully saturated rings. The normalized spacial score (nSPS) is 32.1. The zero-order chi connectivity index (χ0) is 15.1. The Bertz CT molecular complexity index is 557. The van der Waals surface area contributed by atoms with E-state index < -0.39 is 0 Å². The monoisotopic (exact) mass is 431 g/mol. The lowest BCUT2D eigenvalue weighted by Crippen LogP contribution is -2.41. The first-order valence-electron chi connectivity index (χ1n) is 8.41. The molecule has 4 atom stereocenters. The summed E-state index contributed by atoms with van der Waals surface area (Å²) in [5.74, 6) is 2.46. The molecule has 2 bridgehead atoms. The van der Waals surface area contributed by atoms with E-state index in [0.29, 0.717) is 30.6 Å². The van der Waals surface area contributed by atoms with Crippen molar-refractivity contribution in [3.8, 4) is 0 Å². The standard InChI is InChI=1S/C16H25N5O.HI/c1-3-17-16(18-6-11-7-19-20(2)8-11)21-9-12-13(10-21)15-5-4-14(12)22-15;/h7-8,12-15H,3-6,9-10H2,1-2H3,(H,17,18);1H. The number of nitrogens with one attached hydrogen (secondary N) is 1. The topological polar surface area (TPSA) is 54.7 Å². The maximum absolute atomic E-state index is 6.06. The summed E-state index contributed by atoms with van der Waals surface area (Å²) in [7, 11) is 1.94. The predicted molar refractivity (Wildman–Crippen MR) is 99.9 cm³/mol. The van der Waals surface area contributed by atoms with Crippen molar-refractivity contribution in [3.63, 3.8) is 0 Å². The second-order valence-corrected chi connectivity index (χ2v) is 6.72. The van der Waals surface area contributed by atoms with Crippen LogP contribution in [0.1, 0.15) is 25.3 Å². The third kappa shape index (κ3) is 3.22. The van der Waals surface area contributed by atoms with E-state index in [2.05, 4.69) is 22.2 Å². The van der Waals surface area contributed by atoms with Crippen molar-refractivity contribution in [1.82, 2.24) is 20.0 Å². The van der Waals surface area contributed by atoms with Crippen LogP contribution in [0.5, 0.6) is 0 Å². The van der Waals surface area contributed by atoms with Gasteiger partial charge in [0.15, 0.2) is 5.96 Å². The Labute approximate surface area is 154 Å². The molecule has 1 aromatic heterocycles. The smallest absolute Gasteiger partial charge is 0.194 e. The Morgan fingerprint density at radius 2 is 2.04 bits per heavy atom. The van der Waals surface area contributed by atoms with Crippen molar-refractivity contribution in [2.75, 3.05) is 19.6 Å². The highest BCUT2D eigenvalue weighted by atomic mass is 127. The van der Waals surface area contributed by atoms with Crippen LogP contribution in [0.15, 0.2) is 17.4 Å². The van der Waals surface area contributed by atoms with E-state index in [1.165, 1.54) is 12.8 Å². The van der Waals surface area contributed by atoms with Gasteiger partial charge in [0.25, 0.3) is 0 Å². The fraction of sp³-hybridized carbons (Fsp3) is 0.750. The first-order valence-corrected chi connectivity index (χ1v) is 8.41. The molecule has 128 valence electrons. The van der Waals surface area contributed by atoms with Crippen molar-refractivity contribution >= 4 is 29.9 Å². The van der Waals surface area contributed by atoms with Crippen LogP contribution in [-0.4, -0.2) is 52.5 Å². The molecule has 23 heavy (non-hydrogen) atoms. The number of nitrogens with zero attached hydrogens (tertiary/aromatic N) is 4. The fourth-order valence-electron chi connectivity index (χ4n) is 4.28. The molecule has 3 aliphatic heterocycles. The summed E-state index contributed by atoms with van der Waals surface area (Å²) in [5.41, 5.74) is 1.15. The molecule has 1 N–H and O–H groups in total. The summed E-state index contributed by atoms with van der Waals surface area (Å²) in [5, 5.41) is 7.66. The summed E-state index contributed by atoms with van der Waals surface area (Å²) in [6.07, 6.45) is 7.42. The van der Waals surface area contributed by atoms with Crippen molar-refractivity contribution in [2.45, 2.75) is 38.5 Å². The molecule has 0 spiro atoms. The van der Waals surface area contributed by atoms with Crippen molar-refractivity contribution in [1.29, 1.82) is 0 Å². The lowest BCUT2D eigenvalue weighted by Gasteiger charge is -2.23. The first kappa shape index (κ1) is 17.0. The van der Waals surface area contributed by atoms with Crippen LogP contribution in [0.25, 0.3) is 0 Å². The van der Waals surface area contributed by atoms with Gasteiger partial charge < -0.3 is 15.0 Å². The maximum atomic E-state index is 6.06. The Balaban J connectivity index is 0.00000156. The zero-order valence-corrected chi connectivity index (χ0v) is 16.1. The number of fused-ring (bicyclic) bond motifs is 5. The molecular weight excluding hydrogens is 405 g/mol. The van der Waals surface area contributed by atoms with Gasteiger partial charge >= 0.3 is 0 Å². The van der Waals surface area contributed by atoms with E-state index >= 15 is 0 Å². The molecule has 0 saturated carbocycles. The number of hydrogen-bond acceptors (Lipinski definition) is 3. The van der Waals surface area contributed by atoms with Crippen LogP contribution in [0.2, 0.25) is 0 Å². The molecular formula is C16H26IN5O. The Morgan fingerprint density at radius 1 is 1.35 bits per heavy atom. The van der Waals surface area contributed by atoms with Gasteiger partial charge in [-0.3, -0.25) is 4.68 Å². The highest BCUT2D eigenvalue weighted by Gasteiger charge is 2.53. The Kier molecular flexibility index (Phi) is 5.15. The SMILES string of the molecule is CCNC(=NCc1cnn(C)c1)N1CC2C3CCC(O3)C2C1.I. The molecule has 3 aliphatic rings. The number of likely N-dealkylation sites (tertiary alicyclic amines) is 1. The van der Waals surface area contributed by atoms with Crippen LogP contribution in [0.3, 0.4) is 0 Å². The molecule has 7 heteroatoms. The largest absolute Gasteiger partial charge is 0.374 e. The maximum Gasteiger partial charge on any atom is 0.194 e. The van der Waals surface area contributed by atoms with Gasteiger partial charge in [-0.05, 0) is 19.8 Å². The summed E-state index contributed by atoms with van der Waals surface area (Å²) >= 11 is 0. The van der Waals surface area contributed by atoms with Gasteiger partial charge in [-0.2, -0.15) is 5.10 Å². The van der Waals surface area contributed by atoms with Gasteiger partial charge in [-0.15, -0.1) is 24.0 Å². The lowest BCUT2D eigenvalue weighted by atomic mass is 9.82. The van der Waals surface area contributed by atoms with Crippen LogP contribution in [0, 0.1) is 11.8 Å². The van der Waals surface area contributed by atoms with Gasteiger partial charge in [0, 0.05) is 50.3 Å². The summed E-state index contributed by atoms with van der Waals surface area (Å²) < 4.78 is 7.89. The highest BCUT2D eigenvalue weighted by Crippen LogP contribution is 2.47. The summed E-state index contributed by atoms with van der Waals surface area (Å²) in [6.45, 7) is 5.89. The average molecular weight is 431 g/mol. The second kappa shape index (κ2) is 6.96. The van der Waals surface area contributed by atoms with E-state index in [1.54, 1.807) is 0 Å². The number of guanidine groups is 1. The molecule has 4 rings (SSSR count). The van der Waals surface area contributed by atoms with E-state index in [1.807, 2.05) is 24.1 Å². The number of aromatic nitrogens is 2. The minimum Gasteiger partial charge on any atom is -0.374 e. The van der Waals surface area contributed by atoms with Crippen molar-refractivity contribution in [2.24, 2.45) is 23.9 Å². The van der Waals surface area contributed by atoms with E-state index in [-0.39, 0.29) is 24.0 Å². The minimum atomic E-state index is 0. The quantitative estimate of drug-likeness (QED) is 0.449. The summed E-state index contributed by atoms with van der Waals surface area (Å²) in [4.78, 5) is 7.25. The molecule has 4 heterocycles. The van der Waals surface area contributed by atoms with Gasteiger partial charge in [0.05, 0.1) is 24.9 Å². The third-order valence-corrected chi connectivity index (χ3v) is 5.26. The van der Waals surface area contributed by atoms with Crippen LogP contribution in [-0.2, 0) is 18.3 Å². The molecule has 0 aliphatic carbocycles. The Morgan fingerprint density at radius 3 is 2.61 bits per heavy atom. The predicted octanol–water partition coefficient (Wildman–Crippen LogP) is 1.61. The molecule has 0 radical (unpaired) electrons. The van der Waals surface area contributed by atoms with Crippen LogP contribution in [0.4, 0.5) is 0 Å². The van der Waals surface area contributed by atoms with E-state index in [0.717, 1.165) is 31.2 Å². The second-order valence-electron chi connectivity index (χ2n) is 6.72. The number of hydrogen-bond donors (Lipinski definition) is 1. The van der Waals surface area contributed by atoms with Gasteiger partial charge in [0.2, 0.25) is 0 Å². The van der Waals surface area contributed by atoms with E-state index in [9.17, 15) is 0 Å². The van der Waals surface area contributed by atoms with Crippen LogP contribution >= 0.6 is 24.0 Å². The third-order valence-electron chi connectivity index (χ3n) is 5.26. The molecule has 0 aromatic carbocycles. The lowest BCUT2D eigenvalue weighted by molar-refractivity contribution is 0.0767. The number of aliphatic imine (C=N–C) groups is 1. The average Bonchev–Trinajstić information content (AvgIpc) is 3.24. The number of ether oxygens (including phenoxy) is 1. The van der Waals surface area contributed by atoms with Gasteiger partial charge in [-0.1, -0.05) is 0 Å². The minimum absolute atomic E-state index is 0. The molecule has 6 nitrogen and oxygen atoms in total. The first-order chi connectivity index (χ1) is 10.7. The van der Waals surface area contributed by atoms with E-state index in [4.69, 9.17) is 9.73 Å².